The van der Waals surface area contributed by atoms with Crippen molar-refractivity contribution in [2.75, 3.05) is 19.7 Å². The molecule has 4 N–H and O–H groups in total. The van der Waals surface area contributed by atoms with Gasteiger partial charge in [-0.3, -0.25) is 15.1 Å². The summed E-state index contributed by atoms with van der Waals surface area (Å²) in [7, 11) is 0. The molecule has 7 heteroatoms. The summed E-state index contributed by atoms with van der Waals surface area (Å²) < 4.78 is 27.0. The predicted octanol–water partition coefficient (Wildman–Crippen LogP) is 0.106. The van der Waals surface area contributed by atoms with E-state index in [0.717, 1.165) is 5.56 Å². The molecule has 0 aliphatic rings. The van der Waals surface area contributed by atoms with E-state index in [-0.39, 0.29) is 19.7 Å². The highest BCUT2D eigenvalue weighted by molar-refractivity contribution is 5.83. The molecule has 0 aromatic heterocycles. The fraction of sp³-hybridized carbons (Fsp3) is 0.417. The monoisotopic (exact) mass is 273 g/mol. The quantitative estimate of drug-likeness (QED) is 0.374. The molecule has 1 aromatic carbocycles. The van der Waals surface area contributed by atoms with Gasteiger partial charge in [0.1, 0.15) is 0 Å². The molecule has 0 saturated carbocycles. The number of hydrazine groups is 1. The lowest BCUT2D eigenvalue weighted by molar-refractivity contribution is -0.148. The molecule has 5 nitrogen and oxygen atoms in total. The zero-order valence-electron chi connectivity index (χ0n) is 10.4. The molecule has 0 heterocycles. The van der Waals surface area contributed by atoms with Crippen molar-refractivity contribution in [3.05, 3.63) is 35.9 Å². The Hall–Kier alpha value is -1.57. The Kier molecular flexibility index (Phi) is 5.81. The zero-order valence-corrected chi connectivity index (χ0v) is 10.4. The van der Waals surface area contributed by atoms with Gasteiger partial charge in [0.25, 0.3) is 0 Å². The standard InChI is InChI=1S/C12H17F2N3O2/c13-12(14,11(19)16-15)9-17(6-7-18)8-10-4-2-1-3-5-10/h1-5,18H,6-9,15H2,(H,16,19). The van der Waals surface area contributed by atoms with Gasteiger partial charge in [0.05, 0.1) is 13.2 Å². The molecular weight excluding hydrogens is 256 g/mol. The van der Waals surface area contributed by atoms with Gasteiger partial charge < -0.3 is 5.11 Å². The molecule has 106 valence electrons. The molecule has 0 aliphatic heterocycles. The molecule has 1 amide bonds. The van der Waals surface area contributed by atoms with Gasteiger partial charge in [0.15, 0.2) is 0 Å². The van der Waals surface area contributed by atoms with Gasteiger partial charge in [-0.25, -0.2) is 5.84 Å². The fourth-order valence-corrected chi connectivity index (χ4v) is 1.66. The fourth-order valence-electron chi connectivity index (χ4n) is 1.66. The van der Waals surface area contributed by atoms with Crippen molar-refractivity contribution in [3.63, 3.8) is 0 Å². The number of nitrogens with zero attached hydrogens (tertiary/aromatic N) is 1. The first kappa shape index (κ1) is 15.5. The summed E-state index contributed by atoms with van der Waals surface area (Å²) in [6.07, 6.45) is 0. The number of carbonyl (C=O) groups is 1. The Morgan fingerprint density at radius 2 is 2.00 bits per heavy atom. The second-order valence-electron chi connectivity index (χ2n) is 4.10. The van der Waals surface area contributed by atoms with Gasteiger partial charge >= 0.3 is 11.8 Å². The largest absolute Gasteiger partial charge is 0.395 e. The van der Waals surface area contributed by atoms with Crippen LogP contribution in [0.25, 0.3) is 0 Å². The van der Waals surface area contributed by atoms with E-state index in [1.807, 2.05) is 6.07 Å². The molecular formula is C12H17F2N3O2. The predicted molar refractivity (Wildman–Crippen MR) is 66.1 cm³/mol. The lowest BCUT2D eigenvalue weighted by Crippen LogP contribution is -2.50. The van der Waals surface area contributed by atoms with Crippen LogP contribution in [-0.4, -0.2) is 41.5 Å². The average Bonchev–Trinajstić information content (AvgIpc) is 2.38. The number of nitrogens with one attached hydrogen (secondary N) is 1. The number of hydrogen-bond acceptors (Lipinski definition) is 4. The van der Waals surface area contributed by atoms with Crippen LogP contribution in [0.4, 0.5) is 8.78 Å². The van der Waals surface area contributed by atoms with E-state index >= 15 is 0 Å². The molecule has 1 rings (SSSR count). The maximum absolute atomic E-state index is 13.5. The summed E-state index contributed by atoms with van der Waals surface area (Å²) in [5, 5.41) is 8.90. The summed E-state index contributed by atoms with van der Waals surface area (Å²) in [6.45, 7) is -0.810. The van der Waals surface area contributed by atoms with Crippen LogP contribution in [0, 0.1) is 0 Å². The minimum absolute atomic E-state index is 0.0440. The Balaban J connectivity index is 2.70. The Bertz CT molecular complexity index is 401. The maximum Gasteiger partial charge on any atom is 0.338 e. The topological polar surface area (TPSA) is 78.6 Å². The summed E-state index contributed by atoms with van der Waals surface area (Å²) in [6, 6.07) is 8.96. The second kappa shape index (κ2) is 7.13. The SMILES string of the molecule is NNC(=O)C(F)(F)CN(CCO)Cc1ccccc1. The molecule has 0 aliphatic carbocycles. The highest BCUT2D eigenvalue weighted by atomic mass is 19.3. The van der Waals surface area contributed by atoms with Gasteiger partial charge in [-0.2, -0.15) is 8.78 Å². The zero-order chi connectivity index (χ0) is 14.3. The molecule has 1 aromatic rings. The van der Waals surface area contributed by atoms with Crippen LogP contribution in [-0.2, 0) is 11.3 Å². The Labute approximate surface area is 110 Å². The average molecular weight is 273 g/mol. The highest BCUT2D eigenvalue weighted by Gasteiger charge is 2.40. The van der Waals surface area contributed by atoms with E-state index in [2.05, 4.69) is 0 Å². The second-order valence-corrected chi connectivity index (χ2v) is 4.10. The molecule has 0 fully saturated rings. The van der Waals surface area contributed by atoms with Crippen LogP contribution in [0.15, 0.2) is 30.3 Å². The maximum atomic E-state index is 13.5. The number of halogens is 2. The lowest BCUT2D eigenvalue weighted by atomic mass is 10.2. The number of aliphatic hydroxyl groups is 1. The van der Waals surface area contributed by atoms with E-state index in [4.69, 9.17) is 10.9 Å². The van der Waals surface area contributed by atoms with Crippen LogP contribution in [0.3, 0.4) is 0 Å². The summed E-state index contributed by atoms with van der Waals surface area (Å²) in [5.74, 6) is -0.424. The number of hydrogen-bond donors (Lipinski definition) is 3. The smallest absolute Gasteiger partial charge is 0.338 e. The molecule has 0 unspecified atom stereocenters. The Morgan fingerprint density at radius 1 is 1.37 bits per heavy atom. The van der Waals surface area contributed by atoms with Crippen molar-refractivity contribution in [3.8, 4) is 0 Å². The molecule has 19 heavy (non-hydrogen) atoms. The first-order chi connectivity index (χ1) is 8.99. The molecule has 0 bridgehead atoms. The van der Waals surface area contributed by atoms with E-state index < -0.39 is 18.4 Å². The van der Waals surface area contributed by atoms with E-state index in [1.54, 1.807) is 24.3 Å². The minimum Gasteiger partial charge on any atom is -0.395 e. The van der Waals surface area contributed by atoms with Crippen LogP contribution in [0.2, 0.25) is 0 Å². The number of aliphatic hydroxyl groups excluding tert-OH is 1. The lowest BCUT2D eigenvalue weighted by Gasteiger charge is -2.25. The molecule has 0 radical (unpaired) electrons. The van der Waals surface area contributed by atoms with Gasteiger partial charge in [-0.05, 0) is 5.56 Å². The van der Waals surface area contributed by atoms with Gasteiger partial charge in [0, 0.05) is 13.1 Å². The number of benzene rings is 1. The summed E-state index contributed by atoms with van der Waals surface area (Å²) >= 11 is 0. The first-order valence-corrected chi connectivity index (χ1v) is 5.75. The van der Waals surface area contributed by atoms with Crippen LogP contribution in [0.5, 0.6) is 0 Å². The van der Waals surface area contributed by atoms with E-state index in [0.29, 0.717) is 0 Å². The third-order valence-electron chi connectivity index (χ3n) is 2.55. The van der Waals surface area contributed by atoms with Crippen molar-refractivity contribution in [2.24, 2.45) is 5.84 Å². The number of alkyl halides is 2. The van der Waals surface area contributed by atoms with Crippen LogP contribution in [0.1, 0.15) is 5.56 Å². The minimum atomic E-state index is -3.60. The molecule has 0 atom stereocenters. The summed E-state index contributed by atoms with van der Waals surface area (Å²) in [4.78, 5) is 12.2. The van der Waals surface area contributed by atoms with Gasteiger partial charge in [0.2, 0.25) is 0 Å². The van der Waals surface area contributed by atoms with Crippen molar-refractivity contribution in [1.82, 2.24) is 10.3 Å². The molecule has 0 saturated heterocycles. The van der Waals surface area contributed by atoms with Crippen LogP contribution < -0.4 is 11.3 Å². The Morgan fingerprint density at radius 3 is 2.53 bits per heavy atom. The van der Waals surface area contributed by atoms with Crippen molar-refractivity contribution >= 4 is 5.91 Å². The van der Waals surface area contributed by atoms with Gasteiger partial charge in [-0.1, -0.05) is 30.3 Å². The van der Waals surface area contributed by atoms with Gasteiger partial charge in [-0.15, -0.1) is 0 Å². The summed E-state index contributed by atoms with van der Waals surface area (Å²) in [5.41, 5.74) is 2.26. The number of rotatable bonds is 7. The van der Waals surface area contributed by atoms with Crippen molar-refractivity contribution in [2.45, 2.75) is 12.5 Å². The van der Waals surface area contributed by atoms with E-state index in [1.165, 1.54) is 10.3 Å². The van der Waals surface area contributed by atoms with Crippen molar-refractivity contribution < 1.29 is 18.7 Å². The first-order valence-electron chi connectivity index (χ1n) is 5.75. The highest BCUT2D eigenvalue weighted by Crippen LogP contribution is 2.17. The normalized spacial score (nSPS) is 11.6. The third-order valence-corrected chi connectivity index (χ3v) is 2.55. The van der Waals surface area contributed by atoms with Crippen molar-refractivity contribution in [1.29, 1.82) is 0 Å². The molecule has 0 spiro atoms. The number of carbonyl (C=O) groups excluding carboxylic acids is 1. The number of nitrogens with two attached hydrogens (primary N) is 1. The van der Waals surface area contributed by atoms with Crippen LogP contribution >= 0.6 is 0 Å². The third kappa shape index (κ3) is 4.90. The van der Waals surface area contributed by atoms with E-state index in [9.17, 15) is 13.6 Å². The number of amides is 1.